The van der Waals surface area contributed by atoms with Crippen LogP contribution in [0.5, 0.6) is 11.5 Å². The first-order chi connectivity index (χ1) is 10.2. The Morgan fingerprint density at radius 3 is 1.18 bits per heavy atom. The molecule has 0 aliphatic carbocycles. The lowest BCUT2D eigenvalue weighted by molar-refractivity contribution is 0.474. The second kappa shape index (κ2) is 7.88. The molecular weight excluding hydrogens is 272 g/mol. The van der Waals surface area contributed by atoms with Crippen LogP contribution in [0.25, 0.3) is 0 Å². The van der Waals surface area contributed by atoms with E-state index < -0.39 is 0 Å². The predicted octanol–water partition coefficient (Wildman–Crippen LogP) is 5.65. The van der Waals surface area contributed by atoms with Crippen LogP contribution in [0, 0.1) is 13.8 Å². The lowest BCUT2D eigenvalue weighted by Gasteiger charge is -2.08. The van der Waals surface area contributed by atoms with E-state index in [4.69, 9.17) is 10.2 Å². The molecule has 0 aliphatic rings. The first-order valence-electron chi connectivity index (χ1n) is 7.81. The Hall–Kier alpha value is -1.96. The van der Waals surface area contributed by atoms with E-state index in [1.807, 2.05) is 26.0 Å². The highest BCUT2D eigenvalue weighted by Crippen LogP contribution is 2.23. The highest BCUT2D eigenvalue weighted by atomic mass is 16.3. The van der Waals surface area contributed by atoms with Crippen LogP contribution in [0.3, 0.4) is 0 Å². The Balaban J connectivity index is 0.000000220. The predicted molar refractivity (Wildman–Crippen MR) is 93.9 cm³/mol. The standard InChI is InChI=1S/2C10H14O/c2*1-7(2)10-5-4-9(11)6-8(10)3/h2*4-7,11H,1-3H3. The molecule has 0 unspecified atom stereocenters. The van der Waals surface area contributed by atoms with Gasteiger partial charge in [0.1, 0.15) is 11.5 Å². The van der Waals surface area contributed by atoms with Crippen molar-refractivity contribution in [2.45, 2.75) is 53.4 Å². The minimum Gasteiger partial charge on any atom is -0.508 e. The van der Waals surface area contributed by atoms with E-state index in [9.17, 15) is 0 Å². The zero-order valence-corrected chi connectivity index (χ0v) is 14.5. The molecule has 0 saturated carbocycles. The molecule has 0 spiro atoms. The molecule has 2 rings (SSSR count). The normalized spacial score (nSPS) is 10.5. The third-order valence-corrected chi connectivity index (χ3v) is 3.75. The smallest absolute Gasteiger partial charge is 0.115 e. The summed E-state index contributed by atoms with van der Waals surface area (Å²) in [6.07, 6.45) is 0. The second-order valence-electron chi connectivity index (χ2n) is 6.39. The SMILES string of the molecule is Cc1cc(O)ccc1C(C)C.Cc1cc(O)ccc1C(C)C. The van der Waals surface area contributed by atoms with Crippen molar-refractivity contribution < 1.29 is 10.2 Å². The van der Waals surface area contributed by atoms with Crippen LogP contribution in [-0.2, 0) is 0 Å². The highest BCUT2D eigenvalue weighted by molar-refractivity contribution is 5.36. The van der Waals surface area contributed by atoms with Crippen LogP contribution in [0.2, 0.25) is 0 Å². The molecule has 120 valence electrons. The van der Waals surface area contributed by atoms with Gasteiger partial charge >= 0.3 is 0 Å². The Morgan fingerprint density at radius 1 is 0.636 bits per heavy atom. The van der Waals surface area contributed by atoms with Crippen molar-refractivity contribution in [3.8, 4) is 11.5 Å². The first-order valence-corrected chi connectivity index (χ1v) is 7.81. The molecule has 2 aromatic rings. The van der Waals surface area contributed by atoms with E-state index in [-0.39, 0.29) is 0 Å². The van der Waals surface area contributed by atoms with Crippen LogP contribution in [0.4, 0.5) is 0 Å². The van der Waals surface area contributed by atoms with Crippen LogP contribution < -0.4 is 0 Å². The second-order valence-corrected chi connectivity index (χ2v) is 6.39. The molecule has 0 aliphatic heterocycles. The Morgan fingerprint density at radius 2 is 0.955 bits per heavy atom. The van der Waals surface area contributed by atoms with Gasteiger partial charge in [0.05, 0.1) is 0 Å². The molecule has 0 atom stereocenters. The van der Waals surface area contributed by atoms with Gasteiger partial charge in [-0.25, -0.2) is 0 Å². The summed E-state index contributed by atoms with van der Waals surface area (Å²) in [6, 6.07) is 11.0. The third kappa shape index (κ3) is 5.10. The highest BCUT2D eigenvalue weighted by Gasteiger charge is 2.03. The van der Waals surface area contributed by atoms with E-state index in [0.717, 1.165) is 0 Å². The number of phenols is 2. The average molecular weight is 300 g/mol. The van der Waals surface area contributed by atoms with Crippen LogP contribution >= 0.6 is 0 Å². The van der Waals surface area contributed by atoms with Gasteiger partial charge in [-0.2, -0.15) is 0 Å². The van der Waals surface area contributed by atoms with Gasteiger partial charge < -0.3 is 10.2 Å². The molecule has 0 aromatic heterocycles. The van der Waals surface area contributed by atoms with Crippen LogP contribution in [-0.4, -0.2) is 10.2 Å². The number of rotatable bonds is 2. The van der Waals surface area contributed by atoms with Gasteiger partial charge in [-0.05, 0) is 72.2 Å². The van der Waals surface area contributed by atoms with Crippen molar-refractivity contribution in [1.29, 1.82) is 0 Å². The molecule has 0 saturated heterocycles. The maximum atomic E-state index is 9.12. The molecule has 0 bridgehead atoms. The Bertz CT molecular complexity index is 558. The summed E-state index contributed by atoms with van der Waals surface area (Å²) in [6.45, 7) is 12.7. The van der Waals surface area contributed by atoms with Gasteiger partial charge in [-0.3, -0.25) is 0 Å². The van der Waals surface area contributed by atoms with Gasteiger partial charge in [0.25, 0.3) is 0 Å². The van der Waals surface area contributed by atoms with Gasteiger partial charge in [0.15, 0.2) is 0 Å². The van der Waals surface area contributed by atoms with Crippen molar-refractivity contribution in [3.05, 3.63) is 58.7 Å². The van der Waals surface area contributed by atoms with Crippen molar-refractivity contribution in [1.82, 2.24) is 0 Å². The van der Waals surface area contributed by atoms with E-state index >= 15 is 0 Å². The zero-order valence-electron chi connectivity index (χ0n) is 14.5. The summed E-state index contributed by atoms with van der Waals surface area (Å²) >= 11 is 0. The zero-order chi connectivity index (χ0) is 16.9. The molecule has 2 heteroatoms. The molecule has 0 amide bonds. The lowest BCUT2D eigenvalue weighted by atomic mass is 9.98. The number of hydrogen-bond donors (Lipinski definition) is 2. The van der Waals surface area contributed by atoms with Crippen molar-refractivity contribution in [2.75, 3.05) is 0 Å². The Kier molecular flexibility index (Phi) is 6.48. The van der Waals surface area contributed by atoms with Crippen molar-refractivity contribution >= 4 is 0 Å². The van der Waals surface area contributed by atoms with Gasteiger partial charge in [-0.15, -0.1) is 0 Å². The van der Waals surface area contributed by atoms with Crippen molar-refractivity contribution in [2.24, 2.45) is 0 Å². The van der Waals surface area contributed by atoms with Crippen molar-refractivity contribution in [3.63, 3.8) is 0 Å². The number of phenolic OH excluding ortho intramolecular Hbond substituents is 2. The topological polar surface area (TPSA) is 40.5 Å². The fourth-order valence-corrected chi connectivity index (χ4v) is 2.62. The minimum atomic E-state index is 0.354. The Labute approximate surface area is 134 Å². The third-order valence-electron chi connectivity index (χ3n) is 3.75. The monoisotopic (exact) mass is 300 g/mol. The molecule has 22 heavy (non-hydrogen) atoms. The van der Waals surface area contributed by atoms with E-state index in [1.54, 1.807) is 24.3 Å². The van der Waals surface area contributed by atoms with Crippen LogP contribution in [0.1, 0.15) is 61.8 Å². The number of benzene rings is 2. The summed E-state index contributed by atoms with van der Waals surface area (Å²) in [5.74, 6) is 1.78. The van der Waals surface area contributed by atoms with E-state index in [1.165, 1.54) is 22.3 Å². The molecule has 0 fully saturated rings. The molecule has 0 heterocycles. The summed E-state index contributed by atoms with van der Waals surface area (Å²) in [4.78, 5) is 0. The number of hydrogen-bond acceptors (Lipinski definition) is 2. The fraction of sp³-hybridized carbons (Fsp3) is 0.400. The number of aryl methyl sites for hydroxylation is 2. The summed E-state index contributed by atoms with van der Waals surface area (Å²) < 4.78 is 0. The maximum absolute atomic E-state index is 9.12. The van der Waals surface area contributed by atoms with Gasteiger partial charge in [0.2, 0.25) is 0 Å². The summed E-state index contributed by atoms with van der Waals surface area (Å²) in [5.41, 5.74) is 4.95. The lowest BCUT2D eigenvalue weighted by Crippen LogP contribution is -1.90. The maximum Gasteiger partial charge on any atom is 0.115 e. The van der Waals surface area contributed by atoms with Gasteiger partial charge in [-0.1, -0.05) is 39.8 Å². The van der Waals surface area contributed by atoms with E-state index in [2.05, 4.69) is 27.7 Å². The number of aromatic hydroxyl groups is 2. The largest absolute Gasteiger partial charge is 0.508 e. The van der Waals surface area contributed by atoms with E-state index in [0.29, 0.717) is 23.3 Å². The fourth-order valence-electron chi connectivity index (χ4n) is 2.62. The summed E-state index contributed by atoms with van der Waals surface area (Å²) in [5, 5.41) is 18.2. The summed E-state index contributed by atoms with van der Waals surface area (Å²) in [7, 11) is 0. The quantitative estimate of drug-likeness (QED) is 0.752. The molecule has 2 N–H and O–H groups in total. The minimum absolute atomic E-state index is 0.354. The molecular formula is C20H28O2. The molecule has 2 nitrogen and oxygen atoms in total. The molecule has 0 radical (unpaired) electrons. The van der Waals surface area contributed by atoms with Gasteiger partial charge in [0, 0.05) is 0 Å². The first kappa shape index (κ1) is 18.1. The van der Waals surface area contributed by atoms with Crippen LogP contribution in [0.15, 0.2) is 36.4 Å². The molecule has 2 aromatic carbocycles. The average Bonchev–Trinajstić information content (AvgIpc) is 2.38.